The van der Waals surface area contributed by atoms with Crippen LogP contribution >= 0.6 is 0 Å². The van der Waals surface area contributed by atoms with Crippen LogP contribution in [0.2, 0.25) is 0 Å². The number of carbonyl (C=O) groups is 1. The van der Waals surface area contributed by atoms with Crippen molar-refractivity contribution >= 4 is 12.0 Å². The lowest BCUT2D eigenvalue weighted by atomic mass is 10.2. The highest BCUT2D eigenvalue weighted by atomic mass is 16.1. The molecule has 1 rings (SSSR count). The van der Waals surface area contributed by atoms with Gasteiger partial charge in [0, 0.05) is 13.0 Å². The smallest absolute Gasteiger partial charge is 0.217 e. The lowest BCUT2D eigenvalue weighted by molar-refractivity contribution is -0.119. The maximum Gasteiger partial charge on any atom is 0.217 e. The number of amides is 1. The van der Waals surface area contributed by atoms with Crippen LogP contribution in [0, 0.1) is 0 Å². The Hall–Kier alpha value is -1.57. The maximum absolute atomic E-state index is 10.7. The molecular formula is C12H15NO. The zero-order chi connectivity index (χ0) is 10.4. The second-order valence-electron chi connectivity index (χ2n) is 3.26. The molecule has 0 saturated heterocycles. The zero-order valence-corrected chi connectivity index (χ0v) is 8.53. The summed E-state index contributed by atoms with van der Waals surface area (Å²) in [5.41, 5.74) is 1.14. The number of carbonyl (C=O) groups excluding carboxylic acids is 1. The van der Waals surface area contributed by atoms with E-state index in [9.17, 15) is 4.79 Å². The van der Waals surface area contributed by atoms with Crippen molar-refractivity contribution < 1.29 is 4.79 Å². The van der Waals surface area contributed by atoms with Gasteiger partial charge in [0.15, 0.2) is 0 Å². The summed E-state index contributed by atoms with van der Waals surface area (Å²) < 4.78 is 0. The third-order valence-electron chi connectivity index (χ3n) is 1.81. The van der Waals surface area contributed by atoms with Gasteiger partial charge in [-0.25, -0.2) is 0 Å². The lowest BCUT2D eigenvalue weighted by Gasteiger charge is -2.05. The molecule has 0 radical (unpaired) electrons. The third-order valence-corrected chi connectivity index (χ3v) is 1.81. The molecule has 2 nitrogen and oxygen atoms in total. The third kappa shape index (κ3) is 3.90. The summed E-state index contributed by atoms with van der Waals surface area (Å²) in [6.45, 7) is 3.47. The van der Waals surface area contributed by atoms with E-state index in [2.05, 4.69) is 5.32 Å². The Bertz CT molecular complexity index is 316. The van der Waals surface area contributed by atoms with Crippen LogP contribution < -0.4 is 5.32 Å². The minimum Gasteiger partial charge on any atom is -0.350 e. The second kappa shape index (κ2) is 5.22. The van der Waals surface area contributed by atoms with Crippen LogP contribution in [-0.2, 0) is 4.79 Å². The molecule has 0 heterocycles. The normalized spacial score (nSPS) is 12.7. The maximum atomic E-state index is 10.7. The summed E-state index contributed by atoms with van der Waals surface area (Å²) >= 11 is 0. The number of hydrogen-bond acceptors (Lipinski definition) is 1. The van der Waals surface area contributed by atoms with Gasteiger partial charge < -0.3 is 5.32 Å². The van der Waals surface area contributed by atoms with E-state index in [-0.39, 0.29) is 11.9 Å². The van der Waals surface area contributed by atoms with Gasteiger partial charge in [-0.3, -0.25) is 4.79 Å². The van der Waals surface area contributed by atoms with E-state index >= 15 is 0 Å². The van der Waals surface area contributed by atoms with Gasteiger partial charge in [0.25, 0.3) is 0 Å². The number of nitrogens with one attached hydrogen (secondary N) is 1. The van der Waals surface area contributed by atoms with Crippen LogP contribution in [0.25, 0.3) is 6.08 Å². The minimum atomic E-state index is -0.00443. The summed E-state index contributed by atoms with van der Waals surface area (Å²) in [5.74, 6) is -0.00443. The van der Waals surface area contributed by atoms with Crippen molar-refractivity contribution in [2.45, 2.75) is 19.9 Å². The van der Waals surface area contributed by atoms with E-state index in [1.165, 1.54) is 6.92 Å². The van der Waals surface area contributed by atoms with Crippen molar-refractivity contribution in [2.75, 3.05) is 0 Å². The molecule has 14 heavy (non-hydrogen) atoms. The van der Waals surface area contributed by atoms with Gasteiger partial charge in [0.2, 0.25) is 5.91 Å². The van der Waals surface area contributed by atoms with Crippen molar-refractivity contribution in [2.24, 2.45) is 0 Å². The predicted octanol–water partition coefficient (Wildman–Crippen LogP) is 2.22. The van der Waals surface area contributed by atoms with Gasteiger partial charge in [-0.15, -0.1) is 0 Å². The first-order valence-corrected chi connectivity index (χ1v) is 4.69. The second-order valence-corrected chi connectivity index (χ2v) is 3.26. The van der Waals surface area contributed by atoms with Crippen molar-refractivity contribution in [3.8, 4) is 0 Å². The Morgan fingerprint density at radius 2 is 2.00 bits per heavy atom. The van der Waals surface area contributed by atoms with Gasteiger partial charge in [-0.05, 0) is 12.5 Å². The predicted molar refractivity (Wildman–Crippen MR) is 58.8 cm³/mol. The first-order valence-electron chi connectivity index (χ1n) is 4.69. The van der Waals surface area contributed by atoms with Crippen LogP contribution in [0.4, 0.5) is 0 Å². The van der Waals surface area contributed by atoms with E-state index in [1.807, 2.05) is 49.4 Å². The molecule has 74 valence electrons. The van der Waals surface area contributed by atoms with Gasteiger partial charge >= 0.3 is 0 Å². The average Bonchev–Trinajstić information content (AvgIpc) is 2.15. The largest absolute Gasteiger partial charge is 0.350 e. The number of rotatable bonds is 3. The molecule has 1 aromatic carbocycles. The molecule has 0 unspecified atom stereocenters. The Morgan fingerprint density at radius 1 is 1.36 bits per heavy atom. The van der Waals surface area contributed by atoms with Gasteiger partial charge in [0.1, 0.15) is 0 Å². The Balaban J connectivity index is 2.52. The topological polar surface area (TPSA) is 29.1 Å². The molecule has 1 N–H and O–H groups in total. The summed E-state index contributed by atoms with van der Waals surface area (Å²) in [4.78, 5) is 10.7. The fourth-order valence-electron chi connectivity index (χ4n) is 1.19. The van der Waals surface area contributed by atoms with E-state index in [1.54, 1.807) is 0 Å². The van der Waals surface area contributed by atoms with Gasteiger partial charge in [-0.1, -0.05) is 42.5 Å². The number of benzene rings is 1. The summed E-state index contributed by atoms with van der Waals surface area (Å²) in [6, 6.07) is 10.1. The fourth-order valence-corrected chi connectivity index (χ4v) is 1.19. The van der Waals surface area contributed by atoms with Crippen molar-refractivity contribution in [1.29, 1.82) is 0 Å². The van der Waals surface area contributed by atoms with Gasteiger partial charge in [0.05, 0.1) is 0 Å². The first-order chi connectivity index (χ1) is 6.68. The monoisotopic (exact) mass is 189 g/mol. The van der Waals surface area contributed by atoms with Crippen LogP contribution in [0.3, 0.4) is 0 Å². The molecule has 0 aliphatic rings. The van der Waals surface area contributed by atoms with Crippen molar-refractivity contribution in [1.82, 2.24) is 5.32 Å². The molecule has 0 spiro atoms. The molecule has 0 fully saturated rings. The molecule has 0 aliphatic heterocycles. The molecule has 0 aliphatic carbocycles. The first kappa shape index (κ1) is 10.5. The molecule has 1 atom stereocenters. The van der Waals surface area contributed by atoms with Crippen LogP contribution in [-0.4, -0.2) is 11.9 Å². The molecule has 1 amide bonds. The van der Waals surface area contributed by atoms with E-state index < -0.39 is 0 Å². The van der Waals surface area contributed by atoms with Crippen molar-refractivity contribution in [3.63, 3.8) is 0 Å². The zero-order valence-electron chi connectivity index (χ0n) is 8.53. The van der Waals surface area contributed by atoms with Crippen LogP contribution in [0.15, 0.2) is 36.4 Å². The molecular weight excluding hydrogens is 174 g/mol. The molecule has 2 heteroatoms. The van der Waals surface area contributed by atoms with Crippen molar-refractivity contribution in [3.05, 3.63) is 42.0 Å². The Morgan fingerprint density at radius 3 is 2.57 bits per heavy atom. The summed E-state index contributed by atoms with van der Waals surface area (Å²) in [5, 5.41) is 2.79. The highest BCUT2D eigenvalue weighted by Crippen LogP contribution is 2.01. The van der Waals surface area contributed by atoms with E-state index in [0.717, 1.165) is 5.56 Å². The molecule has 0 saturated carbocycles. The fraction of sp³-hybridized carbons (Fsp3) is 0.250. The van der Waals surface area contributed by atoms with E-state index in [4.69, 9.17) is 0 Å². The Labute approximate surface area is 84.6 Å². The standard InChI is InChI=1S/C12H15NO/c1-10(13-11(2)14)8-9-12-6-4-3-5-7-12/h3-10H,1-2H3,(H,13,14)/b9-8-/t10-/m0/s1. The summed E-state index contributed by atoms with van der Waals surface area (Å²) in [7, 11) is 0. The molecule has 0 bridgehead atoms. The Kier molecular flexibility index (Phi) is 3.92. The average molecular weight is 189 g/mol. The van der Waals surface area contributed by atoms with Crippen LogP contribution in [0.1, 0.15) is 19.4 Å². The van der Waals surface area contributed by atoms with Gasteiger partial charge in [-0.2, -0.15) is 0 Å². The van der Waals surface area contributed by atoms with E-state index in [0.29, 0.717) is 0 Å². The lowest BCUT2D eigenvalue weighted by Crippen LogP contribution is -2.28. The minimum absolute atomic E-state index is 0.00443. The van der Waals surface area contributed by atoms with Crippen LogP contribution in [0.5, 0.6) is 0 Å². The summed E-state index contributed by atoms with van der Waals surface area (Å²) in [6.07, 6.45) is 3.97. The molecule has 0 aromatic heterocycles. The molecule has 1 aromatic rings. The number of hydrogen-bond donors (Lipinski definition) is 1. The highest BCUT2D eigenvalue weighted by Gasteiger charge is 1.96. The SMILES string of the molecule is CC(=O)N[C@@H](C)/C=C\c1ccccc1. The highest BCUT2D eigenvalue weighted by molar-refractivity contribution is 5.73. The quantitative estimate of drug-likeness (QED) is 0.776.